The van der Waals surface area contributed by atoms with Crippen molar-refractivity contribution in [1.29, 1.82) is 0 Å². The van der Waals surface area contributed by atoms with Crippen LogP contribution in [-0.4, -0.2) is 49.5 Å². The van der Waals surface area contributed by atoms with E-state index in [1.165, 1.54) is 35.7 Å². The maximum atomic E-state index is 12.5. The number of nitrogens with one attached hydrogen (secondary N) is 1. The molecule has 1 saturated heterocycles. The van der Waals surface area contributed by atoms with Crippen LogP contribution in [0, 0.1) is 0 Å². The first-order chi connectivity index (χ1) is 17.1. The van der Waals surface area contributed by atoms with Gasteiger partial charge in [-0.25, -0.2) is 4.68 Å². The molecule has 1 aromatic heterocycles. The van der Waals surface area contributed by atoms with Crippen LogP contribution in [0.15, 0.2) is 59.4 Å². The molecule has 8 heteroatoms. The van der Waals surface area contributed by atoms with Crippen LogP contribution in [0.2, 0.25) is 0 Å². The molecule has 0 spiro atoms. The van der Waals surface area contributed by atoms with Crippen molar-refractivity contribution < 1.29 is 14.3 Å². The van der Waals surface area contributed by atoms with Gasteiger partial charge >= 0.3 is 0 Å². The van der Waals surface area contributed by atoms with Gasteiger partial charge in [-0.3, -0.25) is 9.59 Å². The third kappa shape index (κ3) is 6.20. The predicted molar refractivity (Wildman–Crippen MR) is 136 cm³/mol. The minimum atomic E-state index is -0.311. The summed E-state index contributed by atoms with van der Waals surface area (Å²) in [7, 11) is 3.18. The Balaban J connectivity index is 1.35. The number of carbonyl (C=O) groups excluding carboxylic acids is 1. The van der Waals surface area contributed by atoms with Crippen LogP contribution < -0.4 is 25.2 Å². The van der Waals surface area contributed by atoms with E-state index in [2.05, 4.69) is 27.4 Å². The monoisotopic (exact) mass is 476 g/mol. The summed E-state index contributed by atoms with van der Waals surface area (Å²) in [5.41, 5.74) is 3.47. The number of ether oxygens (including phenoxy) is 2. The molecule has 2 heterocycles. The van der Waals surface area contributed by atoms with Crippen molar-refractivity contribution in [3.05, 3.63) is 70.5 Å². The number of nitrogens with zero attached hydrogens (tertiary/aromatic N) is 3. The summed E-state index contributed by atoms with van der Waals surface area (Å²) in [6.07, 6.45) is 4.37. The van der Waals surface area contributed by atoms with E-state index in [0.29, 0.717) is 30.2 Å². The average Bonchev–Trinajstić information content (AvgIpc) is 2.90. The fourth-order valence-electron chi connectivity index (χ4n) is 4.29. The molecule has 1 fully saturated rings. The van der Waals surface area contributed by atoms with Crippen LogP contribution in [-0.2, 0) is 17.8 Å². The summed E-state index contributed by atoms with van der Waals surface area (Å²) in [6.45, 7) is 2.47. The highest BCUT2D eigenvalue weighted by atomic mass is 16.5. The summed E-state index contributed by atoms with van der Waals surface area (Å²) in [5.74, 6) is 1.04. The van der Waals surface area contributed by atoms with Gasteiger partial charge in [-0.05, 0) is 61.6 Å². The van der Waals surface area contributed by atoms with E-state index in [1.54, 1.807) is 20.3 Å². The summed E-state index contributed by atoms with van der Waals surface area (Å²) in [5, 5.41) is 7.29. The van der Waals surface area contributed by atoms with Crippen molar-refractivity contribution in [2.75, 3.05) is 38.8 Å². The lowest BCUT2D eigenvalue weighted by atomic mass is 10.1. The number of amides is 1. The molecule has 2 aromatic carbocycles. The second kappa shape index (κ2) is 11.6. The number of benzene rings is 2. The largest absolute Gasteiger partial charge is 0.493 e. The Morgan fingerprint density at radius 1 is 0.943 bits per heavy atom. The third-order valence-electron chi connectivity index (χ3n) is 6.23. The highest BCUT2D eigenvalue weighted by Crippen LogP contribution is 2.27. The summed E-state index contributed by atoms with van der Waals surface area (Å²) in [6, 6.07) is 17.0. The molecule has 0 atom stereocenters. The van der Waals surface area contributed by atoms with Crippen LogP contribution in [0.5, 0.6) is 11.5 Å². The molecule has 0 saturated carbocycles. The number of piperidine rings is 1. The van der Waals surface area contributed by atoms with Gasteiger partial charge in [0.2, 0.25) is 5.91 Å². The lowest BCUT2D eigenvalue weighted by molar-refractivity contribution is -0.121. The minimum absolute atomic E-state index is 0.134. The molecule has 3 aromatic rings. The Morgan fingerprint density at radius 3 is 2.40 bits per heavy atom. The topological polar surface area (TPSA) is 85.7 Å². The Labute approximate surface area is 205 Å². The molecule has 0 bridgehead atoms. The zero-order valence-corrected chi connectivity index (χ0v) is 20.3. The van der Waals surface area contributed by atoms with Crippen molar-refractivity contribution in [2.24, 2.45) is 0 Å². The van der Waals surface area contributed by atoms with E-state index in [4.69, 9.17) is 9.47 Å². The van der Waals surface area contributed by atoms with E-state index < -0.39 is 0 Å². The molecule has 1 amide bonds. The Morgan fingerprint density at radius 2 is 1.69 bits per heavy atom. The van der Waals surface area contributed by atoms with E-state index in [0.717, 1.165) is 24.2 Å². The summed E-state index contributed by atoms with van der Waals surface area (Å²) < 4.78 is 11.8. The normalized spacial score (nSPS) is 13.4. The summed E-state index contributed by atoms with van der Waals surface area (Å²) in [4.78, 5) is 27.2. The Bertz CT molecular complexity index is 1200. The minimum Gasteiger partial charge on any atom is -0.493 e. The van der Waals surface area contributed by atoms with Crippen LogP contribution in [0.3, 0.4) is 0 Å². The zero-order chi connectivity index (χ0) is 24.6. The van der Waals surface area contributed by atoms with E-state index in [1.807, 2.05) is 30.3 Å². The lowest BCUT2D eigenvalue weighted by Crippen LogP contribution is -2.34. The standard InChI is InChI=1S/C27H32N4O4/c1-34-24-12-6-20(18-25(24)35-2)14-15-28-26(32)19-31-27(33)13-11-23(29-31)21-7-9-22(10-8-21)30-16-4-3-5-17-30/h6-13,18H,3-5,14-17,19H2,1-2H3,(H,28,32). The fourth-order valence-corrected chi connectivity index (χ4v) is 4.29. The first-order valence-corrected chi connectivity index (χ1v) is 12.0. The number of hydrogen-bond acceptors (Lipinski definition) is 6. The maximum Gasteiger partial charge on any atom is 0.267 e. The number of anilines is 1. The van der Waals surface area contributed by atoms with Crippen molar-refractivity contribution >= 4 is 11.6 Å². The quantitative estimate of drug-likeness (QED) is 0.510. The van der Waals surface area contributed by atoms with Crippen LogP contribution >= 0.6 is 0 Å². The molecule has 35 heavy (non-hydrogen) atoms. The Kier molecular flexibility index (Phi) is 8.03. The molecule has 0 radical (unpaired) electrons. The van der Waals surface area contributed by atoms with Crippen molar-refractivity contribution in [2.45, 2.75) is 32.2 Å². The fraction of sp³-hybridized carbons (Fsp3) is 0.370. The van der Waals surface area contributed by atoms with Crippen molar-refractivity contribution in [3.63, 3.8) is 0 Å². The molecular formula is C27H32N4O4. The first-order valence-electron chi connectivity index (χ1n) is 12.0. The van der Waals surface area contributed by atoms with Crippen molar-refractivity contribution in [1.82, 2.24) is 15.1 Å². The van der Waals surface area contributed by atoms with Gasteiger partial charge in [0.15, 0.2) is 11.5 Å². The van der Waals surface area contributed by atoms with Crippen molar-refractivity contribution in [3.8, 4) is 22.8 Å². The first kappa shape index (κ1) is 24.3. The second-order valence-electron chi connectivity index (χ2n) is 8.60. The second-order valence-corrected chi connectivity index (χ2v) is 8.60. The highest BCUT2D eigenvalue weighted by molar-refractivity contribution is 5.75. The van der Waals surface area contributed by atoms with Crippen LogP contribution in [0.1, 0.15) is 24.8 Å². The average molecular weight is 477 g/mol. The molecule has 0 aliphatic carbocycles. The molecule has 1 aliphatic rings. The van der Waals surface area contributed by atoms with Gasteiger partial charge in [0.25, 0.3) is 5.56 Å². The van der Waals surface area contributed by atoms with E-state index in [9.17, 15) is 9.59 Å². The molecule has 1 N–H and O–H groups in total. The molecular weight excluding hydrogens is 444 g/mol. The van der Waals surface area contributed by atoms with Gasteiger partial charge in [0, 0.05) is 37.0 Å². The predicted octanol–water partition coefficient (Wildman–Crippen LogP) is 3.28. The number of methoxy groups -OCH3 is 2. The molecule has 184 valence electrons. The van der Waals surface area contributed by atoms with Gasteiger partial charge in [0.05, 0.1) is 19.9 Å². The van der Waals surface area contributed by atoms with E-state index >= 15 is 0 Å². The molecule has 4 rings (SSSR count). The number of hydrogen-bond donors (Lipinski definition) is 1. The van der Waals surface area contributed by atoms with Gasteiger partial charge in [-0.2, -0.15) is 5.10 Å². The summed E-state index contributed by atoms with van der Waals surface area (Å²) >= 11 is 0. The lowest BCUT2D eigenvalue weighted by Gasteiger charge is -2.28. The van der Waals surface area contributed by atoms with E-state index in [-0.39, 0.29) is 18.0 Å². The van der Waals surface area contributed by atoms with Gasteiger partial charge in [-0.1, -0.05) is 18.2 Å². The zero-order valence-electron chi connectivity index (χ0n) is 20.3. The number of rotatable bonds is 9. The SMILES string of the molecule is COc1ccc(CCNC(=O)Cn2nc(-c3ccc(N4CCCCC4)cc3)ccc2=O)cc1OC. The van der Waals surface area contributed by atoms with Crippen LogP contribution in [0.4, 0.5) is 5.69 Å². The molecule has 8 nitrogen and oxygen atoms in total. The third-order valence-corrected chi connectivity index (χ3v) is 6.23. The molecule has 0 unspecified atom stereocenters. The molecule has 1 aliphatic heterocycles. The van der Waals surface area contributed by atoms with Gasteiger partial charge in [-0.15, -0.1) is 0 Å². The number of carbonyl (C=O) groups is 1. The smallest absolute Gasteiger partial charge is 0.267 e. The maximum absolute atomic E-state index is 12.5. The highest BCUT2D eigenvalue weighted by Gasteiger charge is 2.12. The van der Waals surface area contributed by atoms with Gasteiger partial charge < -0.3 is 19.7 Å². The number of aromatic nitrogens is 2. The van der Waals surface area contributed by atoms with Crippen LogP contribution in [0.25, 0.3) is 11.3 Å². The Hall–Kier alpha value is -3.81. The van der Waals surface area contributed by atoms with Gasteiger partial charge in [0.1, 0.15) is 6.54 Å².